The van der Waals surface area contributed by atoms with Crippen LogP contribution < -0.4 is 0 Å². The predicted octanol–water partition coefficient (Wildman–Crippen LogP) is 2.04. The number of amides is 1. The van der Waals surface area contributed by atoms with Gasteiger partial charge >= 0.3 is 6.09 Å². The molecule has 1 N–H and O–H groups in total. The Morgan fingerprint density at radius 1 is 1.56 bits per heavy atom. The molecule has 0 bridgehead atoms. The third kappa shape index (κ3) is 3.33. The number of aliphatic hydroxyl groups excluding tert-OH is 1. The molecule has 0 aliphatic carbocycles. The minimum atomic E-state index is -0.712. The highest BCUT2D eigenvalue weighted by Crippen LogP contribution is 2.20. The smallest absolute Gasteiger partial charge is 0.415 e. The lowest BCUT2D eigenvalue weighted by Gasteiger charge is -2.26. The van der Waals surface area contributed by atoms with Crippen molar-refractivity contribution in [1.29, 1.82) is 0 Å². The van der Waals surface area contributed by atoms with Crippen molar-refractivity contribution in [2.45, 2.75) is 6.92 Å². The lowest BCUT2D eigenvalue weighted by Crippen LogP contribution is -2.42. The zero-order chi connectivity index (χ0) is 13.9. The number of Topliss-reactive ketones (excluding diaryl/α,β-unsaturated/α-hetero) is 1. The average Bonchev–Trinajstić information content (AvgIpc) is 2.26. The zero-order valence-corrected chi connectivity index (χ0v) is 11.7. The summed E-state index contributed by atoms with van der Waals surface area (Å²) in [4.78, 5) is 24.5. The lowest BCUT2D eigenvalue weighted by molar-refractivity contribution is -0.116. The van der Waals surface area contributed by atoms with E-state index >= 15 is 0 Å². The molecular formula is C11H13NO4S2. The van der Waals surface area contributed by atoms with Gasteiger partial charge in [-0.1, -0.05) is 18.8 Å². The third-order valence-corrected chi connectivity index (χ3v) is 3.43. The second kappa shape index (κ2) is 6.01. The van der Waals surface area contributed by atoms with Gasteiger partial charge < -0.3 is 9.84 Å². The monoisotopic (exact) mass is 287 g/mol. The quantitative estimate of drug-likeness (QED) is 0.619. The van der Waals surface area contributed by atoms with E-state index in [4.69, 9.17) is 17.0 Å². The Balaban J connectivity index is 2.88. The minimum absolute atomic E-state index is 0.0894. The number of thiocarbonyl (C=S) groups is 1. The maximum Gasteiger partial charge on any atom is 0.415 e. The van der Waals surface area contributed by atoms with Crippen LogP contribution in [-0.2, 0) is 9.53 Å². The number of hydrogen-bond donors (Lipinski definition) is 1. The molecule has 1 rings (SSSR count). The highest BCUT2D eigenvalue weighted by atomic mass is 32.2. The lowest BCUT2D eigenvalue weighted by atomic mass is 10.1. The van der Waals surface area contributed by atoms with Crippen LogP contribution in [0.2, 0.25) is 0 Å². The number of carbonyl (C=O) groups excluding carboxylic acids is 2. The Labute approximate surface area is 114 Å². The Morgan fingerprint density at radius 3 is 2.61 bits per heavy atom. The van der Waals surface area contributed by atoms with Crippen LogP contribution in [-0.4, -0.2) is 45.4 Å². The van der Waals surface area contributed by atoms with Crippen molar-refractivity contribution in [2.75, 3.05) is 19.3 Å². The number of hydrogen-bond acceptors (Lipinski definition) is 6. The molecule has 0 radical (unpaired) electrons. The molecule has 0 spiro atoms. The van der Waals surface area contributed by atoms with Crippen LogP contribution >= 0.6 is 24.0 Å². The SMILES string of the molecule is C=C(C)OC(=O)N1CC(=O)C(C(=S)SC)=C(O)C1. The van der Waals surface area contributed by atoms with Gasteiger partial charge in [0.1, 0.15) is 5.76 Å². The van der Waals surface area contributed by atoms with Gasteiger partial charge in [-0.25, -0.2) is 4.79 Å². The first-order valence-corrected chi connectivity index (χ1v) is 6.66. The first-order chi connectivity index (χ1) is 8.36. The molecule has 18 heavy (non-hydrogen) atoms. The molecule has 1 aliphatic heterocycles. The van der Waals surface area contributed by atoms with E-state index in [-0.39, 0.29) is 30.2 Å². The molecule has 0 saturated carbocycles. The first-order valence-electron chi connectivity index (χ1n) is 5.02. The summed E-state index contributed by atoms with van der Waals surface area (Å²) < 4.78 is 5.10. The number of ketones is 1. The van der Waals surface area contributed by atoms with Gasteiger partial charge in [-0.3, -0.25) is 9.69 Å². The fourth-order valence-electron chi connectivity index (χ4n) is 1.41. The van der Waals surface area contributed by atoms with Crippen molar-refractivity contribution in [3.63, 3.8) is 0 Å². The second-order valence-electron chi connectivity index (χ2n) is 3.66. The summed E-state index contributed by atoms with van der Waals surface area (Å²) in [6.45, 7) is 4.70. The van der Waals surface area contributed by atoms with Gasteiger partial charge in [-0.15, -0.1) is 11.8 Å². The molecule has 98 valence electrons. The van der Waals surface area contributed by atoms with E-state index in [2.05, 4.69) is 6.58 Å². The first kappa shape index (κ1) is 14.7. The second-order valence-corrected chi connectivity index (χ2v) is 5.15. The van der Waals surface area contributed by atoms with Crippen molar-refractivity contribution in [2.24, 2.45) is 0 Å². The molecule has 1 aliphatic rings. The summed E-state index contributed by atoms with van der Waals surface area (Å²) in [7, 11) is 0. The molecule has 0 aromatic rings. The molecule has 0 fully saturated rings. The Bertz CT molecular complexity index is 456. The van der Waals surface area contributed by atoms with Crippen LogP contribution in [0.5, 0.6) is 0 Å². The number of rotatable bonds is 2. The van der Waals surface area contributed by atoms with Crippen molar-refractivity contribution >= 4 is 40.1 Å². The van der Waals surface area contributed by atoms with Gasteiger partial charge in [0.05, 0.1) is 28.6 Å². The van der Waals surface area contributed by atoms with Crippen LogP contribution in [0.1, 0.15) is 6.92 Å². The van der Waals surface area contributed by atoms with E-state index < -0.39 is 11.9 Å². The van der Waals surface area contributed by atoms with Gasteiger partial charge in [-0.05, 0) is 13.2 Å². The van der Waals surface area contributed by atoms with Crippen LogP contribution in [0.3, 0.4) is 0 Å². The standard InChI is InChI=1S/C11H13NO4S2/c1-6(2)16-11(15)12-4-7(13)9(8(14)5-12)10(17)18-3/h13H,1,4-5H2,2-3H3. The van der Waals surface area contributed by atoms with Gasteiger partial charge in [-0.2, -0.15) is 0 Å². The highest BCUT2D eigenvalue weighted by molar-refractivity contribution is 8.23. The van der Waals surface area contributed by atoms with E-state index in [0.717, 1.165) is 4.90 Å². The van der Waals surface area contributed by atoms with Crippen LogP contribution in [0.15, 0.2) is 23.7 Å². The Morgan fingerprint density at radius 2 is 2.17 bits per heavy atom. The predicted molar refractivity (Wildman–Crippen MR) is 73.6 cm³/mol. The molecule has 5 nitrogen and oxygen atoms in total. The number of nitrogens with zero attached hydrogens (tertiary/aromatic N) is 1. The van der Waals surface area contributed by atoms with E-state index in [0.29, 0.717) is 4.20 Å². The molecule has 0 saturated heterocycles. The molecule has 1 amide bonds. The fraction of sp³-hybridized carbons (Fsp3) is 0.364. The summed E-state index contributed by atoms with van der Waals surface area (Å²) in [6, 6.07) is 0. The number of aliphatic hydroxyl groups is 1. The number of thioether (sulfide) groups is 1. The highest BCUT2D eigenvalue weighted by Gasteiger charge is 2.31. The minimum Gasteiger partial charge on any atom is -0.510 e. The normalized spacial score (nSPS) is 15.7. The molecular weight excluding hydrogens is 274 g/mol. The van der Waals surface area contributed by atoms with E-state index in [1.165, 1.54) is 18.7 Å². The van der Waals surface area contributed by atoms with Gasteiger partial charge in [0, 0.05) is 0 Å². The summed E-state index contributed by atoms with van der Waals surface area (Å²) in [5.41, 5.74) is 0.122. The number of allylic oxidation sites excluding steroid dienone is 1. The zero-order valence-electron chi connectivity index (χ0n) is 10.1. The van der Waals surface area contributed by atoms with E-state index in [1.54, 1.807) is 6.26 Å². The van der Waals surface area contributed by atoms with Crippen molar-refractivity contribution in [3.8, 4) is 0 Å². The Kier molecular flexibility index (Phi) is 4.92. The summed E-state index contributed by atoms with van der Waals surface area (Å²) in [5, 5.41) is 9.78. The molecule has 0 atom stereocenters. The average molecular weight is 287 g/mol. The largest absolute Gasteiger partial charge is 0.510 e. The van der Waals surface area contributed by atoms with Crippen molar-refractivity contribution in [3.05, 3.63) is 23.7 Å². The summed E-state index contributed by atoms with van der Waals surface area (Å²) in [6.07, 6.45) is 1.01. The Hall–Kier alpha value is -1.34. The fourth-order valence-corrected chi connectivity index (χ4v) is 2.07. The third-order valence-electron chi connectivity index (χ3n) is 2.15. The van der Waals surface area contributed by atoms with Gasteiger partial charge in [0.2, 0.25) is 0 Å². The molecule has 7 heteroatoms. The van der Waals surface area contributed by atoms with Crippen LogP contribution in [0.25, 0.3) is 0 Å². The van der Waals surface area contributed by atoms with Gasteiger partial charge in [0.15, 0.2) is 5.78 Å². The molecule has 1 heterocycles. The number of carbonyl (C=O) groups is 2. The molecule has 0 unspecified atom stereocenters. The van der Waals surface area contributed by atoms with Crippen molar-refractivity contribution in [1.82, 2.24) is 4.90 Å². The van der Waals surface area contributed by atoms with E-state index in [9.17, 15) is 14.7 Å². The maximum absolute atomic E-state index is 11.8. The number of ether oxygens (including phenoxy) is 1. The summed E-state index contributed by atoms with van der Waals surface area (Å²) in [5.74, 6) is -0.373. The van der Waals surface area contributed by atoms with Crippen LogP contribution in [0.4, 0.5) is 4.79 Å². The summed E-state index contributed by atoms with van der Waals surface area (Å²) >= 11 is 6.18. The van der Waals surface area contributed by atoms with Gasteiger partial charge in [0.25, 0.3) is 0 Å². The molecule has 0 aromatic heterocycles. The van der Waals surface area contributed by atoms with Crippen molar-refractivity contribution < 1.29 is 19.4 Å². The maximum atomic E-state index is 11.8. The topological polar surface area (TPSA) is 66.8 Å². The van der Waals surface area contributed by atoms with E-state index in [1.807, 2.05) is 0 Å². The van der Waals surface area contributed by atoms with Crippen LogP contribution in [0, 0.1) is 0 Å². The molecule has 0 aromatic carbocycles.